The molecule has 0 heterocycles. The van der Waals surface area contributed by atoms with E-state index in [-0.39, 0.29) is 12.5 Å². The van der Waals surface area contributed by atoms with Crippen molar-refractivity contribution in [1.82, 2.24) is 5.32 Å². The number of hydrogen-bond acceptors (Lipinski definition) is 4. The highest BCUT2D eigenvalue weighted by molar-refractivity contribution is 7.98. The smallest absolute Gasteiger partial charge is 0.252 e. The quantitative estimate of drug-likeness (QED) is 0.718. The standard InChI is InChI=1S/C12H17ClN2O2S/c1-7(16)11(14)6-15-12(17)9-5-8(18-2)3-4-10(9)13/h3-5,7,11,16H,6,14H2,1-2H3,(H,15,17). The monoisotopic (exact) mass is 288 g/mol. The predicted molar refractivity (Wildman–Crippen MR) is 75.2 cm³/mol. The van der Waals surface area contributed by atoms with Crippen LogP contribution in [0.25, 0.3) is 0 Å². The summed E-state index contributed by atoms with van der Waals surface area (Å²) in [5.74, 6) is -0.285. The number of hydrogen-bond donors (Lipinski definition) is 3. The van der Waals surface area contributed by atoms with E-state index in [1.54, 1.807) is 19.1 Å². The summed E-state index contributed by atoms with van der Waals surface area (Å²) >= 11 is 7.51. The van der Waals surface area contributed by atoms with Crippen LogP contribution in [0.5, 0.6) is 0 Å². The molecule has 0 aliphatic carbocycles. The van der Waals surface area contributed by atoms with Crippen LogP contribution >= 0.6 is 23.4 Å². The van der Waals surface area contributed by atoms with E-state index in [0.717, 1.165) is 4.90 Å². The lowest BCUT2D eigenvalue weighted by atomic mass is 10.1. The number of carbonyl (C=O) groups excluding carboxylic acids is 1. The van der Waals surface area contributed by atoms with E-state index in [1.807, 2.05) is 12.3 Å². The van der Waals surface area contributed by atoms with E-state index in [2.05, 4.69) is 5.32 Å². The van der Waals surface area contributed by atoms with E-state index in [4.69, 9.17) is 17.3 Å². The Balaban J connectivity index is 2.72. The Morgan fingerprint density at radius 1 is 1.61 bits per heavy atom. The minimum absolute atomic E-state index is 0.205. The molecule has 2 atom stereocenters. The average Bonchev–Trinajstić information content (AvgIpc) is 2.35. The minimum atomic E-state index is -0.668. The third-order valence-corrected chi connectivity index (χ3v) is 3.59. The first-order valence-electron chi connectivity index (χ1n) is 5.51. The fourth-order valence-corrected chi connectivity index (χ4v) is 1.92. The number of nitrogens with one attached hydrogen (secondary N) is 1. The molecule has 0 spiro atoms. The second-order valence-corrected chi connectivity index (χ2v) is 5.25. The third kappa shape index (κ3) is 4.17. The summed E-state index contributed by atoms with van der Waals surface area (Å²) in [4.78, 5) is 12.9. The van der Waals surface area contributed by atoms with Crippen molar-refractivity contribution in [3.05, 3.63) is 28.8 Å². The van der Waals surface area contributed by atoms with Gasteiger partial charge in [0.15, 0.2) is 0 Å². The van der Waals surface area contributed by atoms with Gasteiger partial charge in [-0.1, -0.05) is 11.6 Å². The van der Waals surface area contributed by atoms with Crippen LogP contribution in [0.15, 0.2) is 23.1 Å². The van der Waals surface area contributed by atoms with Crippen LogP contribution in [-0.2, 0) is 0 Å². The van der Waals surface area contributed by atoms with Crippen LogP contribution in [0.1, 0.15) is 17.3 Å². The molecular formula is C12H17ClN2O2S. The van der Waals surface area contributed by atoms with Gasteiger partial charge in [-0.15, -0.1) is 11.8 Å². The molecule has 1 amide bonds. The maximum absolute atomic E-state index is 11.9. The molecule has 4 N–H and O–H groups in total. The highest BCUT2D eigenvalue weighted by Gasteiger charge is 2.14. The summed E-state index contributed by atoms with van der Waals surface area (Å²) in [5, 5.41) is 12.3. The largest absolute Gasteiger partial charge is 0.392 e. The third-order valence-electron chi connectivity index (χ3n) is 2.54. The number of carbonyl (C=O) groups is 1. The maximum atomic E-state index is 11.9. The molecule has 6 heteroatoms. The Morgan fingerprint density at radius 3 is 2.83 bits per heavy atom. The second kappa shape index (κ2) is 6.99. The molecule has 0 aliphatic heterocycles. The average molecular weight is 289 g/mol. The molecule has 0 fully saturated rings. The molecule has 18 heavy (non-hydrogen) atoms. The Hall–Kier alpha value is -0.750. The van der Waals surface area contributed by atoms with Gasteiger partial charge in [-0.25, -0.2) is 0 Å². The molecular weight excluding hydrogens is 272 g/mol. The van der Waals surface area contributed by atoms with E-state index < -0.39 is 12.1 Å². The van der Waals surface area contributed by atoms with Crippen molar-refractivity contribution in [2.24, 2.45) is 5.73 Å². The molecule has 1 aromatic rings. The Labute approximate surface area is 116 Å². The van der Waals surface area contributed by atoms with Crippen LogP contribution in [0, 0.1) is 0 Å². The number of rotatable bonds is 5. The molecule has 0 saturated heterocycles. The lowest BCUT2D eigenvalue weighted by molar-refractivity contribution is 0.0937. The fraction of sp³-hybridized carbons (Fsp3) is 0.417. The van der Waals surface area contributed by atoms with Crippen molar-refractivity contribution >= 4 is 29.3 Å². The SMILES string of the molecule is CSc1ccc(Cl)c(C(=O)NCC(N)C(C)O)c1. The molecule has 100 valence electrons. The van der Waals surface area contributed by atoms with Gasteiger partial charge in [0.1, 0.15) is 0 Å². The Morgan fingerprint density at radius 2 is 2.28 bits per heavy atom. The topological polar surface area (TPSA) is 75.4 Å². The highest BCUT2D eigenvalue weighted by atomic mass is 35.5. The van der Waals surface area contributed by atoms with Gasteiger partial charge in [0.2, 0.25) is 0 Å². The second-order valence-electron chi connectivity index (χ2n) is 3.96. The first-order valence-corrected chi connectivity index (χ1v) is 7.11. The summed E-state index contributed by atoms with van der Waals surface area (Å²) in [7, 11) is 0. The van der Waals surface area contributed by atoms with Crippen LogP contribution in [0.4, 0.5) is 0 Å². The number of nitrogens with two attached hydrogens (primary N) is 1. The first-order chi connectivity index (χ1) is 8.45. The minimum Gasteiger partial charge on any atom is -0.392 e. The zero-order chi connectivity index (χ0) is 13.7. The zero-order valence-electron chi connectivity index (χ0n) is 10.3. The molecule has 0 aromatic heterocycles. The number of benzene rings is 1. The van der Waals surface area contributed by atoms with Crippen LogP contribution in [0.2, 0.25) is 5.02 Å². The van der Waals surface area contributed by atoms with Gasteiger partial charge in [0.05, 0.1) is 16.7 Å². The summed E-state index contributed by atoms with van der Waals surface area (Å²) in [5.41, 5.74) is 6.05. The molecule has 4 nitrogen and oxygen atoms in total. The van der Waals surface area contributed by atoms with Gasteiger partial charge in [-0.05, 0) is 31.4 Å². The predicted octanol–water partition coefficient (Wildman–Crippen LogP) is 1.50. The Kier molecular flexibility index (Phi) is 5.95. The van der Waals surface area contributed by atoms with E-state index in [0.29, 0.717) is 10.6 Å². The van der Waals surface area contributed by atoms with Crippen molar-refractivity contribution in [2.45, 2.75) is 24.0 Å². The van der Waals surface area contributed by atoms with Crippen LogP contribution in [-0.4, -0.2) is 36.0 Å². The molecule has 0 aliphatic rings. The zero-order valence-corrected chi connectivity index (χ0v) is 11.9. The highest BCUT2D eigenvalue weighted by Crippen LogP contribution is 2.22. The van der Waals surface area contributed by atoms with Crippen molar-refractivity contribution in [1.29, 1.82) is 0 Å². The number of aliphatic hydroxyl groups is 1. The van der Waals surface area contributed by atoms with E-state index in [9.17, 15) is 9.90 Å². The van der Waals surface area contributed by atoms with E-state index in [1.165, 1.54) is 11.8 Å². The van der Waals surface area contributed by atoms with Crippen molar-refractivity contribution in [3.8, 4) is 0 Å². The lowest BCUT2D eigenvalue weighted by Crippen LogP contribution is -2.43. The van der Waals surface area contributed by atoms with Crippen molar-refractivity contribution < 1.29 is 9.90 Å². The summed E-state index contributed by atoms with van der Waals surface area (Å²) < 4.78 is 0. The molecule has 0 radical (unpaired) electrons. The molecule has 1 rings (SSSR count). The summed E-state index contributed by atoms with van der Waals surface area (Å²) in [6.45, 7) is 1.79. The summed E-state index contributed by atoms with van der Waals surface area (Å²) in [6.07, 6.45) is 1.26. The molecule has 1 aromatic carbocycles. The van der Waals surface area contributed by atoms with Crippen molar-refractivity contribution in [3.63, 3.8) is 0 Å². The number of halogens is 1. The van der Waals surface area contributed by atoms with Gasteiger partial charge in [0.25, 0.3) is 5.91 Å². The van der Waals surface area contributed by atoms with Gasteiger partial charge < -0.3 is 16.2 Å². The Bertz CT molecular complexity index is 427. The van der Waals surface area contributed by atoms with Gasteiger partial charge in [-0.2, -0.15) is 0 Å². The number of thioether (sulfide) groups is 1. The molecule has 0 saturated carbocycles. The van der Waals surface area contributed by atoms with Crippen LogP contribution < -0.4 is 11.1 Å². The number of amides is 1. The van der Waals surface area contributed by atoms with Crippen molar-refractivity contribution in [2.75, 3.05) is 12.8 Å². The fourth-order valence-electron chi connectivity index (χ4n) is 1.28. The first kappa shape index (κ1) is 15.3. The number of aliphatic hydroxyl groups excluding tert-OH is 1. The van der Waals surface area contributed by atoms with Gasteiger partial charge >= 0.3 is 0 Å². The normalized spacial score (nSPS) is 14.1. The molecule has 0 bridgehead atoms. The maximum Gasteiger partial charge on any atom is 0.252 e. The van der Waals surface area contributed by atoms with Gasteiger partial charge in [-0.3, -0.25) is 4.79 Å². The van der Waals surface area contributed by atoms with Crippen LogP contribution in [0.3, 0.4) is 0 Å². The lowest BCUT2D eigenvalue weighted by Gasteiger charge is -2.15. The van der Waals surface area contributed by atoms with Gasteiger partial charge in [0, 0.05) is 17.5 Å². The van der Waals surface area contributed by atoms with E-state index >= 15 is 0 Å². The molecule has 2 unspecified atom stereocenters. The summed E-state index contributed by atoms with van der Waals surface area (Å²) in [6, 6.07) is 4.79.